The van der Waals surface area contributed by atoms with Crippen LogP contribution in [0, 0.1) is 5.41 Å². The minimum atomic E-state index is -4.57. The number of hydrogen-bond donors (Lipinski definition) is 0. The molecule has 3 rings (SSSR count). The minimum Gasteiger partial charge on any atom is -0.494 e. The van der Waals surface area contributed by atoms with Crippen LogP contribution in [0.15, 0.2) is 47.3 Å². The van der Waals surface area contributed by atoms with Crippen molar-refractivity contribution in [2.45, 2.75) is 72.4 Å². The van der Waals surface area contributed by atoms with Gasteiger partial charge in [-0.15, -0.1) is 0 Å². The van der Waals surface area contributed by atoms with E-state index in [0.29, 0.717) is 53.9 Å². The Bertz CT molecular complexity index is 1310. The van der Waals surface area contributed by atoms with E-state index >= 15 is 0 Å². The lowest BCUT2D eigenvalue weighted by Crippen LogP contribution is -2.24. The molecule has 0 unspecified atom stereocenters. The molecule has 0 saturated heterocycles. The first kappa shape index (κ1) is 29.7. The molecule has 0 bridgehead atoms. The second kappa shape index (κ2) is 12.8. The maximum atomic E-state index is 14.0. The van der Waals surface area contributed by atoms with Gasteiger partial charge in [0.25, 0.3) is 0 Å². The average molecular weight is 549 g/mol. The van der Waals surface area contributed by atoms with Gasteiger partial charge in [-0.2, -0.15) is 13.2 Å². The van der Waals surface area contributed by atoms with Crippen LogP contribution in [0.2, 0.25) is 0 Å². The van der Waals surface area contributed by atoms with Gasteiger partial charge in [0.05, 0.1) is 18.8 Å². The fourth-order valence-corrected chi connectivity index (χ4v) is 4.96. The first-order valence-corrected chi connectivity index (χ1v) is 13.8. The van der Waals surface area contributed by atoms with Crippen molar-refractivity contribution in [3.8, 4) is 16.9 Å². The van der Waals surface area contributed by atoms with Gasteiger partial charge in [0.2, 0.25) is 4.74 Å². The van der Waals surface area contributed by atoms with E-state index in [1.807, 2.05) is 20.8 Å². The van der Waals surface area contributed by atoms with Crippen molar-refractivity contribution in [1.29, 1.82) is 0 Å². The molecule has 0 amide bonds. The zero-order valence-corrected chi connectivity index (χ0v) is 23.2. The first-order chi connectivity index (χ1) is 17.9. The van der Waals surface area contributed by atoms with Crippen LogP contribution in [0.1, 0.15) is 70.9 Å². The number of ether oxygens (including phenoxy) is 2. The van der Waals surface area contributed by atoms with Crippen molar-refractivity contribution in [1.82, 2.24) is 0 Å². The van der Waals surface area contributed by atoms with Gasteiger partial charge in [0, 0.05) is 22.1 Å². The van der Waals surface area contributed by atoms with E-state index < -0.39 is 16.5 Å². The van der Waals surface area contributed by atoms with Gasteiger partial charge >= 0.3 is 12.1 Å². The molecule has 0 aliphatic rings. The van der Waals surface area contributed by atoms with Crippen LogP contribution in [0.25, 0.3) is 21.2 Å². The molecule has 2 aromatic carbocycles. The lowest BCUT2D eigenvalue weighted by Gasteiger charge is -2.24. The fraction of sp³-hybridized carbons (Fsp3) is 0.467. The van der Waals surface area contributed by atoms with Gasteiger partial charge in [0.1, 0.15) is 5.75 Å². The number of alkyl halides is 3. The van der Waals surface area contributed by atoms with Crippen LogP contribution in [0.5, 0.6) is 5.75 Å². The number of fused-ring (bicyclic) bond motifs is 1. The maximum Gasteiger partial charge on any atom is 0.417 e. The Hall–Kier alpha value is -2.87. The molecule has 206 valence electrons. The molecule has 38 heavy (non-hydrogen) atoms. The number of rotatable bonds is 12. The number of unbranched alkanes of at least 4 members (excludes halogenated alkanes) is 2. The molecule has 3 aromatic rings. The summed E-state index contributed by atoms with van der Waals surface area (Å²) in [6.07, 6.45) is -0.247. The molecule has 0 atom stereocenters. The highest BCUT2D eigenvalue weighted by atomic mass is 32.1. The molecular formula is C30H35F3O4S. The summed E-state index contributed by atoms with van der Waals surface area (Å²) in [7, 11) is 0. The largest absolute Gasteiger partial charge is 0.494 e. The summed E-state index contributed by atoms with van der Waals surface area (Å²) < 4.78 is 53.2. The van der Waals surface area contributed by atoms with Gasteiger partial charge < -0.3 is 9.47 Å². The number of halogens is 3. The van der Waals surface area contributed by atoms with Crippen molar-refractivity contribution in [2.24, 2.45) is 5.41 Å². The smallest absolute Gasteiger partial charge is 0.417 e. The van der Waals surface area contributed by atoms with Crippen molar-refractivity contribution < 1.29 is 27.4 Å². The van der Waals surface area contributed by atoms with Crippen molar-refractivity contribution in [3.63, 3.8) is 0 Å². The molecule has 0 radical (unpaired) electrons. The van der Waals surface area contributed by atoms with Gasteiger partial charge in [-0.1, -0.05) is 64.0 Å². The van der Waals surface area contributed by atoms with E-state index in [1.165, 1.54) is 18.2 Å². The molecular weight excluding hydrogens is 513 g/mol. The fourth-order valence-electron chi connectivity index (χ4n) is 4.06. The molecule has 0 N–H and O–H groups in total. The number of carbonyl (C=O) groups excluding carboxylic acids is 1. The Morgan fingerprint density at radius 2 is 1.74 bits per heavy atom. The van der Waals surface area contributed by atoms with Gasteiger partial charge in [-0.05, 0) is 66.1 Å². The van der Waals surface area contributed by atoms with E-state index in [4.69, 9.17) is 9.47 Å². The Balaban J connectivity index is 1.80. The lowest BCUT2D eigenvalue weighted by molar-refractivity contribution is -0.146. The van der Waals surface area contributed by atoms with E-state index in [0.717, 1.165) is 30.6 Å². The maximum absolute atomic E-state index is 14.0. The minimum absolute atomic E-state index is 0.0481. The highest BCUT2D eigenvalue weighted by Gasteiger charge is 2.34. The SMILES string of the molecule is CCCCCc1ccc(-c2cc3ccc(OCCC(C)(C)COC(=O)CC)cc3sc2=O)c(C(F)(F)F)c1. The Morgan fingerprint density at radius 1 is 0.974 bits per heavy atom. The number of benzene rings is 2. The number of hydrogen-bond acceptors (Lipinski definition) is 5. The van der Waals surface area contributed by atoms with E-state index in [9.17, 15) is 22.8 Å². The van der Waals surface area contributed by atoms with Gasteiger partial charge in [0.15, 0.2) is 0 Å². The van der Waals surface area contributed by atoms with E-state index in [1.54, 1.807) is 31.2 Å². The predicted molar refractivity (Wildman–Crippen MR) is 147 cm³/mol. The van der Waals surface area contributed by atoms with Crippen LogP contribution in [0.3, 0.4) is 0 Å². The van der Waals surface area contributed by atoms with Crippen molar-refractivity contribution >= 4 is 27.4 Å². The van der Waals surface area contributed by atoms with Gasteiger partial charge in [-0.25, -0.2) is 0 Å². The Kier molecular flexibility index (Phi) is 9.99. The Labute approximate surface area is 225 Å². The van der Waals surface area contributed by atoms with Crippen molar-refractivity contribution in [2.75, 3.05) is 13.2 Å². The topological polar surface area (TPSA) is 52.6 Å². The lowest BCUT2D eigenvalue weighted by atomic mass is 9.91. The zero-order chi connectivity index (χ0) is 27.9. The second-order valence-electron chi connectivity index (χ2n) is 10.3. The number of carbonyl (C=O) groups is 1. The molecule has 1 aromatic heterocycles. The van der Waals surface area contributed by atoms with Crippen LogP contribution in [0.4, 0.5) is 13.2 Å². The van der Waals surface area contributed by atoms with Crippen molar-refractivity contribution in [3.05, 3.63) is 63.1 Å². The predicted octanol–water partition coefficient (Wildman–Crippen LogP) is 8.43. The summed E-state index contributed by atoms with van der Waals surface area (Å²) >= 11 is 0.910. The Morgan fingerprint density at radius 3 is 2.42 bits per heavy atom. The number of aryl methyl sites for hydroxylation is 1. The third kappa shape index (κ3) is 8.06. The van der Waals surface area contributed by atoms with Crippen LogP contribution in [-0.2, 0) is 22.1 Å². The van der Waals surface area contributed by atoms with Gasteiger partial charge in [-0.3, -0.25) is 9.59 Å². The summed E-state index contributed by atoms with van der Waals surface area (Å²) in [5.74, 6) is 0.322. The average Bonchev–Trinajstić information content (AvgIpc) is 2.86. The summed E-state index contributed by atoms with van der Waals surface area (Å²) in [6.45, 7) is 8.45. The zero-order valence-electron chi connectivity index (χ0n) is 22.4. The molecule has 1 heterocycles. The van der Waals surface area contributed by atoms with E-state index in [2.05, 4.69) is 0 Å². The third-order valence-electron chi connectivity index (χ3n) is 6.42. The molecule has 0 fully saturated rings. The highest BCUT2D eigenvalue weighted by molar-refractivity contribution is 7.16. The standard InChI is InChI=1S/C30H35F3O4S/c1-5-7-8-9-20-10-13-23(25(16-20)30(31,32)33)24-17-21-11-12-22(18-26(21)38-28(24)35)36-15-14-29(3,4)19-37-27(34)6-2/h10-13,16-18H,5-9,14-15,19H2,1-4H3. The van der Waals surface area contributed by atoms with E-state index in [-0.39, 0.29) is 22.5 Å². The quantitative estimate of drug-likeness (QED) is 0.168. The molecule has 0 saturated carbocycles. The summed E-state index contributed by atoms with van der Waals surface area (Å²) in [5.41, 5.74) is -0.455. The van der Waals surface area contributed by atoms with Crippen LogP contribution < -0.4 is 9.48 Å². The molecule has 0 aliphatic heterocycles. The number of esters is 1. The second-order valence-corrected chi connectivity index (χ2v) is 11.3. The normalized spacial score (nSPS) is 12.1. The summed E-state index contributed by atoms with van der Waals surface area (Å²) in [6, 6.07) is 11.1. The van der Waals surface area contributed by atoms with Crippen LogP contribution in [-0.4, -0.2) is 19.2 Å². The molecule has 0 spiro atoms. The molecule has 4 nitrogen and oxygen atoms in total. The van der Waals surface area contributed by atoms with Crippen LogP contribution >= 0.6 is 11.3 Å². The molecule has 8 heteroatoms. The molecule has 0 aliphatic carbocycles. The monoisotopic (exact) mass is 548 g/mol. The highest BCUT2D eigenvalue weighted by Crippen LogP contribution is 2.38. The summed E-state index contributed by atoms with van der Waals surface area (Å²) in [4.78, 5) is 24.4. The first-order valence-electron chi connectivity index (χ1n) is 13.0. The summed E-state index contributed by atoms with van der Waals surface area (Å²) in [5, 5.41) is 0.670. The third-order valence-corrected chi connectivity index (χ3v) is 7.39.